The number of hydrogen-bond donors (Lipinski definition) is 2. The molecule has 2 N–H and O–H groups in total. The average molecular weight is 413 g/mol. The molecule has 2 heterocycles. The molecule has 8 nitrogen and oxygen atoms in total. The van der Waals surface area contributed by atoms with E-state index in [2.05, 4.69) is 32.3 Å². The van der Waals surface area contributed by atoms with Gasteiger partial charge in [-0.3, -0.25) is 4.79 Å². The molecule has 1 aromatic rings. The molecule has 1 fully saturated rings. The van der Waals surface area contributed by atoms with Gasteiger partial charge in [-0.15, -0.1) is 0 Å². The van der Waals surface area contributed by atoms with Crippen LogP contribution in [0.25, 0.3) is 0 Å². The number of halogens is 1. The van der Waals surface area contributed by atoms with E-state index in [1.807, 2.05) is 0 Å². The number of amides is 2. The van der Waals surface area contributed by atoms with E-state index in [0.717, 1.165) is 0 Å². The van der Waals surface area contributed by atoms with Gasteiger partial charge in [0.1, 0.15) is 11.8 Å². The highest BCUT2D eigenvalue weighted by Gasteiger charge is 2.34. The third kappa shape index (κ3) is 4.14. The predicted molar refractivity (Wildman–Crippen MR) is 93.2 cm³/mol. The Labute approximate surface area is 154 Å². The highest BCUT2D eigenvalue weighted by molar-refractivity contribution is 9.10. The van der Waals surface area contributed by atoms with E-state index in [9.17, 15) is 9.59 Å². The number of rotatable bonds is 4. The fourth-order valence-corrected chi connectivity index (χ4v) is 3.49. The lowest BCUT2D eigenvalue weighted by Gasteiger charge is -2.37. The molecule has 0 unspecified atom stereocenters. The number of nitriles is 1. The minimum atomic E-state index is -0.379. The summed E-state index contributed by atoms with van der Waals surface area (Å²) >= 11 is 3.29. The Hall–Kier alpha value is -2.05. The molecular formula is C16H21BrN4O4. The number of aryl methyl sites for hydroxylation is 1. The summed E-state index contributed by atoms with van der Waals surface area (Å²) in [5.41, 5.74) is 1.34. The average Bonchev–Trinajstić information content (AvgIpc) is 2.89. The summed E-state index contributed by atoms with van der Waals surface area (Å²) in [5, 5.41) is 12.0. The number of aromatic nitrogens is 1. The number of H-pyrrole nitrogens is 1. The Balaban J connectivity index is 2.06. The lowest BCUT2D eigenvalue weighted by molar-refractivity contribution is 0.00449. The SMILES string of the molecule is CCOC(=O)N1CC[C@@H](NC(=O)c2[nH]c(C)c(C#N)c2Br)[C@@H](OC)C1. The van der Waals surface area contributed by atoms with Gasteiger partial charge in [0.25, 0.3) is 5.91 Å². The maximum atomic E-state index is 12.6. The maximum absolute atomic E-state index is 12.6. The fraction of sp³-hybridized carbons (Fsp3) is 0.562. The number of hydrogen-bond acceptors (Lipinski definition) is 5. The standard InChI is InChI=1S/C16H21BrN4O4/c1-4-25-16(23)21-6-5-11(12(8-21)24-3)20-15(22)14-13(17)10(7-18)9(2)19-14/h11-12,19H,4-6,8H2,1-3H3,(H,20,22)/t11-,12+/m1/s1. The van der Waals surface area contributed by atoms with E-state index in [0.29, 0.717) is 47.5 Å². The maximum Gasteiger partial charge on any atom is 0.409 e. The second-order valence-electron chi connectivity index (χ2n) is 5.71. The van der Waals surface area contributed by atoms with Crippen molar-refractivity contribution in [3.05, 3.63) is 21.4 Å². The van der Waals surface area contributed by atoms with Crippen LogP contribution in [0.5, 0.6) is 0 Å². The predicted octanol–water partition coefficient (Wildman–Crippen LogP) is 1.93. The van der Waals surface area contributed by atoms with Gasteiger partial charge in [-0.1, -0.05) is 0 Å². The third-order valence-corrected chi connectivity index (χ3v) is 4.96. The number of carbonyl (C=O) groups excluding carboxylic acids is 2. The van der Waals surface area contributed by atoms with Gasteiger partial charge < -0.3 is 24.7 Å². The summed E-state index contributed by atoms with van der Waals surface area (Å²) in [4.78, 5) is 28.9. The van der Waals surface area contributed by atoms with Crippen molar-refractivity contribution in [3.63, 3.8) is 0 Å². The first-order valence-electron chi connectivity index (χ1n) is 7.96. The summed E-state index contributed by atoms with van der Waals surface area (Å²) in [6, 6.07) is 1.81. The van der Waals surface area contributed by atoms with Crippen LogP contribution in [-0.4, -0.2) is 60.8 Å². The Bertz CT molecular complexity index is 697. The molecular weight excluding hydrogens is 392 g/mol. The summed E-state index contributed by atoms with van der Waals surface area (Å²) in [6.45, 7) is 4.61. The first kappa shape index (κ1) is 19.3. The second kappa shape index (κ2) is 8.36. The number of aromatic amines is 1. The van der Waals surface area contributed by atoms with Crippen molar-refractivity contribution in [2.45, 2.75) is 32.4 Å². The van der Waals surface area contributed by atoms with Crippen LogP contribution in [0.1, 0.15) is 35.1 Å². The summed E-state index contributed by atoms with van der Waals surface area (Å²) < 4.78 is 10.9. The van der Waals surface area contributed by atoms with Crippen molar-refractivity contribution in [1.29, 1.82) is 5.26 Å². The van der Waals surface area contributed by atoms with Crippen LogP contribution >= 0.6 is 15.9 Å². The topological polar surface area (TPSA) is 107 Å². The lowest BCUT2D eigenvalue weighted by Crippen LogP contribution is -2.56. The Morgan fingerprint density at radius 3 is 2.80 bits per heavy atom. The zero-order chi connectivity index (χ0) is 18.6. The van der Waals surface area contributed by atoms with Crippen molar-refractivity contribution >= 4 is 27.9 Å². The minimum absolute atomic E-state index is 0.246. The largest absolute Gasteiger partial charge is 0.450 e. The van der Waals surface area contributed by atoms with E-state index in [4.69, 9.17) is 14.7 Å². The van der Waals surface area contributed by atoms with E-state index in [-0.39, 0.29) is 24.1 Å². The zero-order valence-electron chi connectivity index (χ0n) is 14.4. The van der Waals surface area contributed by atoms with E-state index >= 15 is 0 Å². The Morgan fingerprint density at radius 2 is 2.24 bits per heavy atom. The second-order valence-corrected chi connectivity index (χ2v) is 6.51. The molecule has 9 heteroatoms. The van der Waals surface area contributed by atoms with Crippen LogP contribution in [0.3, 0.4) is 0 Å². The van der Waals surface area contributed by atoms with Crippen LogP contribution in [0.2, 0.25) is 0 Å². The van der Waals surface area contributed by atoms with E-state index in [1.165, 1.54) is 0 Å². The number of carbonyl (C=O) groups is 2. The molecule has 1 aromatic heterocycles. The number of piperidine rings is 1. The first-order chi connectivity index (χ1) is 11.9. The molecule has 1 aliphatic rings. The lowest BCUT2D eigenvalue weighted by atomic mass is 10.0. The highest BCUT2D eigenvalue weighted by Crippen LogP contribution is 2.25. The molecule has 1 aliphatic heterocycles. The van der Waals surface area contributed by atoms with E-state index in [1.54, 1.807) is 25.9 Å². The zero-order valence-corrected chi connectivity index (χ0v) is 16.0. The van der Waals surface area contributed by atoms with Crippen LogP contribution in [0.4, 0.5) is 4.79 Å². The van der Waals surface area contributed by atoms with Crippen molar-refractivity contribution < 1.29 is 19.1 Å². The number of methoxy groups -OCH3 is 1. The van der Waals surface area contributed by atoms with Crippen molar-refractivity contribution in [3.8, 4) is 6.07 Å². The molecule has 25 heavy (non-hydrogen) atoms. The quantitative estimate of drug-likeness (QED) is 0.785. The molecule has 0 aromatic carbocycles. The molecule has 0 spiro atoms. The monoisotopic (exact) mass is 412 g/mol. The Kier molecular flexibility index (Phi) is 6.45. The van der Waals surface area contributed by atoms with Crippen LogP contribution in [0, 0.1) is 18.3 Å². The van der Waals surface area contributed by atoms with Crippen molar-refractivity contribution in [1.82, 2.24) is 15.2 Å². The number of likely N-dealkylation sites (tertiary alicyclic amines) is 1. The van der Waals surface area contributed by atoms with Gasteiger partial charge in [-0.2, -0.15) is 5.26 Å². The number of nitrogens with zero attached hydrogens (tertiary/aromatic N) is 2. The van der Waals surface area contributed by atoms with Crippen LogP contribution in [-0.2, 0) is 9.47 Å². The third-order valence-electron chi connectivity index (χ3n) is 4.17. The number of ether oxygens (including phenoxy) is 2. The van der Waals surface area contributed by atoms with Crippen molar-refractivity contribution in [2.75, 3.05) is 26.8 Å². The van der Waals surface area contributed by atoms with Gasteiger partial charge in [-0.05, 0) is 36.2 Å². The molecule has 0 bridgehead atoms. The minimum Gasteiger partial charge on any atom is -0.450 e. The van der Waals surface area contributed by atoms with Gasteiger partial charge in [0.2, 0.25) is 0 Å². The van der Waals surface area contributed by atoms with Gasteiger partial charge in [0.05, 0.1) is 35.3 Å². The molecule has 2 atom stereocenters. The molecule has 1 saturated heterocycles. The number of nitrogens with one attached hydrogen (secondary N) is 2. The fourth-order valence-electron chi connectivity index (χ4n) is 2.83. The molecule has 2 amide bonds. The smallest absolute Gasteiger partial charge is 0.409 e. The molecule has 2 rings (SSSR count). The van der Waals surface area contributed by atoms with Gasteiger partial charge in [0.15, 0.2) is 0 Å². The summed E-state index contributed by atoms with van der Waals surface area (Å²) in [6.07, 6.45) is -0.172. The van der Waals surface area contributed by atoms with Gasteiger partial charge in [-0.25, -0.2) is 4.79 Å². The van der Waals surface area contributed by atoms with Crippen LogP contribution in [0.15, 0.2) is 4.47 Å². The first-order valence-corrected chi connectivity index (χ1v) is 8.75. The molecule has 0 saturated carbocycles. The highest BCUT2D eigenvalue weighted by atomic mass is 79.9. The Morgan fingerprint density at radius 1 is 1.52 bits per heavy atom. The normalized spacial score (nSPS) is 20.0. The van der Waals surface area contributed by atoms with E-state index < -0.39 is 0 Å². The summed E-state index contributed by atoms with van der Waals surface area (Å²) in [5.74, 6) is -0.326. The van der Waals surface area contributed by atoms with Crippen LogP contribution < -0.4 is 5.32 Å². The molecule has 0 radical (unpaired) electrons. The molecule has 136 valence electrons. The summed E-state index contributed by atoms with van der Waals surface area (Å²) in [7, 11) is 1.54. The van der Waals surface area contributed by atoms with Gasteiger partial charge >= 0.3 is 6.09 Å². The molecule has 0 aliphatic carbocycles. The van der Waals surface area contributed by atoms with Gasteiger partial charge in [0, 0.05) is 19.3 Å². The van der Waals surface area contributed by atoms with Crippen molar-refractivity contribution in [2.24, 2.45) is 0 Å².